The smallest absolute Gasteiger partial charge is 0.151 e. The second-order valence-electron chi connectivity index (χ2n) is 3.46. The van der Waals surface area contributed by atoms with Crippen LogP contribution in [0.4, 0.5) is 0 Å². The van der Waals surface area contributed by atoms with Crippen molar-refractivity contribution in [3.8, 4) is 11.5 Å². The fourth-order valence-corrected chi connectivity index (χ4v) is 2.14. The molecular formula is C13H7BrCl2O2. The Kier molecular flexibility index (Phi) is 4.27. The van der Waals surface area contributed by atoms with Crippen LogP contribution in [0.5, 0.6) is 11.5 Å². The maximum absolute atomic E-state index is 10.7. The summed E-state index contributed by atoms with van der Waals surface area (Å²) in [5.74, 6) is 1.03. The van der Waals surface area contributed by atoms with Crippen LogP contribution in [-0.2, 0) is 0 Å². The van der Waals surface area contributed by atoms with Gasteiger partial charge in [0.15, 0.2) is 6.29 Å². The van der Waals surface area contributed by atoms with Crippen molar-refractivity contribution >= 4 is 45.4 Å². The Labute approximate surface area is 123 Å². The number of halogens is 3. The molecule has 0 aliphatic carbocycles. The van der Waals surface area contributed by atoms with E-state index in [1.165, 1.54) is 0 Å². The molecule has 0 saturated heterocycles. The third-order valence-corrected chi connectivity index (χ3v) is 3.73. The first-order valence-electron chi connectivity index (χ1n) is 4.98. The molecule has 5 heteroatoms. The van der Waals surface area contributed by atoms with Crippen molar-refractivity contribution in [1.82, 2.24) is 0 Å². The Balaban J connectivity index is 2.31. The van der Waals surface area contributed by atoms with Gasteiger partial charge in [0.1, 0.15) is 16.5 Å². The lowest BCUT2D eigenvalue weighted by Crippen LogP contribution is -1.88. The topological polar surface area (TPSA) is 26.3 Å². The largest absolute Gasteiger partial charge is 0.456 e. The van der Waals surface area contributed by atoms with E-state index < -0.39 is 0 Å². The molecule has 0 spiro atoms. The van der Waals surface area contributed by atoms with Crippen LogP contribution in [-0.4, -0.2) is 6.29 Å². The van der Waals surface area contributed by atoms with Crippen LogP contribution in [0.1, 0.15) is 10.4 Å². The fourth-order valence-electron chi connectivity index (χ4n) is 1.36. The molecule has 0 fully saturated rings. The number of benzene rings is 2. The standard InChI is InChI=1S/C13H7BrCl2O2/c14-10-6-9(5-4-8(10)7-17)18-12-3-1-2-11(15)13(12)16/h1-7H. The summed E-state index contributed by atoms with van der Waals surface area (Å²) < 4.78 is 6.27. The molecule has 18 heavy (non-hydrogen) atoms. The number of aldehydes is 1. The summed E-state index contributed by atoms with van der Waals surface area (Å²) in [5, 5.41) is 0.785. The maximum atomic E-state index is 10.7. The van der Waals surface area contributed by atoms with Crippen LogP contribution in [0.25, 0.3) is 0 Å². The zero-order valence-corrected chi connectivity index (χ0v) is 12.1. The van der Waals surface area contributed by atoms with E-state index in [9.17, 15) is 4.79 Å². The highest BCUT2D eigenvalue weighted by Gasteiger charge is 2.08. The van der Waals surface area contributed by atoms with Crippen LogP contribution in [0, 0.1) is 0 Å². The first-order chi connectivity index (χ1) is 8.61. The molecule has 2 aromatic carbocycles. The van der Waals surface area contributed by atoms with Gasteiger partial charge in [-0.05, 0) is 46.3 Å². The summed E-state index contributed by atoms with van der Waals surface area (Å²) in [6.07, 6.45) is 0.764. The number of carbonyl (C=O) groups excluding carboxylic acids is 1. The SMILES string of the molecule is O=Cc1ccc(Oc2cccc(Cl)c2Cl)cc1Br. The van der Waals surface area contributed by atoms with Crippen molar-refractivity contribution in [1.29, 1.82) is 0 Å². The molecule has 0 saturated carbocycles. The van der Waals surface area contributed by atoms with E-state index in [4.69, 9.17) is 27.9 Å². The highest BCUT2D eigenvalue weighted by atomic mass is 79.9. The first kappa shape index (κ1) is 13.4. The Morgan fingerprint density at radius 2 is 1.94 bits per heavy atom. The van der Waals surface area contributed by atoms with Crippen LogP contribution in [0.15, 0.2) is 40.9 Å². The van der Waals surface area contributed by atoms with E-state index in [0.717, 1.165) is 6.29 Å². The number of hydrogen-bond acceptors (Lipinski definition) is 2. The molecule has 92 valence electrons. The van der Waals surface area contributed by atoms with Crippen LogP contribution < -0.4 is 4.74 Å². The zero-order chi connectivity index (χ0) is 13.1. The van der Waals surface area contributed by atoms with Crippen molar-refractivity contribution in [3.05, 3.63) is 56.5 Å². The fraction of sp³-hybridized carbons (Fsp3) is 0. The van der Waals surface area contributed by atoms with Gasteiger partial charge < -0.3 is 4.74 Å². The van der Waals surface area contributed by atoms with Crippen molar-refractivity contribution in [2.75, 3.05) is 0 Å². The van der Waals surface area contributed by atoms with Gasteiger partial charge in [-0.25, -0.2) is 0 Å². The molecule has 0 amide bonds. The highest BCUT2D eigenvalue weighted by Crippen LogP contribution is 2.35. The molecule has 2 nitrogen and oxygen atoms in total. The van der Waals surface area contributed by atoms with Crippen LogP contribution >= 0.6 is 39.1 Å². The molecule has 0 N–H and O–H groups in total. The van der Waals surface area contributed by atoms with Gasteiger partial charge in [-0.15, -0.1) is 0 Å². The summed E-state index contributed by atoms with van der Waals surface area (Å²) in [4.78, 5) is 10.7. The van der Waals surface area contributed by atoms with Gasteiger partial charge in [0.05, 0.1) is 5.02 Å². The molecular weight excluding hydrogens is 339 g/mol. The molecule has 2 aromatic rings. The minimum absolute atomic E-state index is 0.356. The lowest BCUT2D eigenvalue weighted by atomic mass is 10.2. The summed E-state index contributed by atoms with van der Waals surface area (Å²) in [6, 6.07) is 10.2. The van der Waals surface area contributed by atoms with Crippen molar-refractivity contribution in [2.45, 2.75) is 0 Å². The van der Waals surface area contributed by atoms with E-state index in [2.05, 4.69) is 15.9 Å². The van der Waals surface area contributed by atoms with Gasteiger partial charge in [0, 0.05) is 10.0 Å². The Bertz CT molecular complexity index is 600. The summed E-state index contributed by atoms with van der Waals surface area (Å²) in [6.45, 7) is 0. The average Bonchev–Trinajstić information content (AvgIpc) is 2.35. The normalized spacial score (nSPS) is 10.2. The van der Waals surface area contributed by atoms with Crippen LogP contribution in [0.2, 0.25) is 10.0 Å². The zero-order valence-electron chi connectivity index (χ0n) is 8.99. The third kappa shape index (κ3) is 2.86. The lowest BCUT2D eigenvalue weighted by Gasteiger charge is -2.09. The number of rotatable bonds is 3. The second-order valence-corrected chi connectivity index (χ2v) is 5.09. The molecule has 0 radical (unpaired) electrons. The molecule has 0 unspecified atom stereocenters. The van der Waals surface area contributed by atoms with Gasteiger partial charge in [-0.3, -0.25) is 4.79 Å². The van der Waals surface area contributed by atoms with E-state index in [1.807, 2.05) is 0 Å². The predicted octanol–water partition coefficient (Wildman–Crippen LogP) is 5.36. The van der Waals surface area contributed by atoms with Gasteiger partial charge in [-0.1, -0.05) is 29.3 Å². The molecule has 0 aromatic heterocycles. The monoisotopic (exact) mass is 344 g/mol. The number of ether oxygens (including phenoxy) is 1. The number of carbonyl (C=O) groups is 1. The van der Waals surface area contributed by atoms with Crippen LogP contribution in [0.3, 0.4) is 0 Å². The minimum Gasteiger partial charge on any atom is -0.456 e. The quantitative estimate of drug-likeness (QED) is 0.700. The van der Waals surface area contributed by atoms with Crippen molar-refractivity contribution in [3.63, 3.8) is 0 Å². The molecule has 0 aliphatic rings. The minimum atomic E-state index is 0.356. The van der Waals surface area contributed by atoms with Crippen molar-refractivity contribution < 1.29 is 9.53 Å². The van der Waals surface area contributed by atoms with Gasteiger partial charge in [0.2, 0.25) is 0 Å². The van der Waals surface area contributed by atoms with E-state index >= 15 is 0 Å². The van der Waals surface area contributed by atoms with E-state index in [-0.39, 0.29) is 0 Å². The maximum Gasteiger partial charge on any atom is 0.151 e. The molecule has 2 rings (SSSR count). The summed E-state index contributed by atoms with van der Waals surface area (Å²) >= 11 is 15.2. The Morgan fingerprint density at radius 3 is 2.61 bits per heavy atom. The Hall–Kier alpha value is -1.03. The summed E-state index contributed by atoms with van der Waals surface area (Å²) in [5.41, 5.74) is 0.555. The molecule has 0 aliphatic heterocycles. The predicted molar refractivity (Wildman–Crippen MR) is 76.1 cm³/mol. The van der Waals surface area contributed by atoms with Gasteiger partial charge >= 0.3 is 0 Å². The van der Waals surface area contributed by atoms with E-state index in [0.29, 0.717) is 31.6 Å². The van der Waals surface area contributed by atoms with Crippen molar-refractivity contribution in [2.24, 2.45) is 0 Å². The summed E-state index contributed by atoms with van der Waals surface area (Å²) in [7, 11) is 0. The first-order valence-corrected chi connectivity index (χ1v) is 6.53. The third-order valence-electron chi connectivity index (χ3n) is 2.24. The highest BCUT2D eigenvalue weighted by molar-refractivity contribution is 9.10. The molecule has 0 bridgehead atoms. The lowest BCUT2D eigenvalue weighted by molar-refractivity contribution is 0.112. The van der Waals surface area contributed by atoms with Gasteiger partial charge in [-0.2, -0.15) is 0 Å². The number of hydrogen-bond donors (Lipinski definition) is 0. The Morgan fingerprint density at radius 1 is 1.17 bits per heavy atom. The van der Waals surface area contributed by atoms with Gasteiger partial charge in [0.25, 0.3) is 0 Å². The molecule has 0 atom stereocenters. The average molecular weight is 346 g/mol. The van der Waals surface area contributed by atoms with E-state index in [1.54, 1.807) is 36.4 Å². The molecule has 0 heterocycles. The second kappa shape index (κ2) is 5.74.